The van der Waals surface area contributed by atoms with E-state index in [0.29, 0.717) is 0 Å². The zero-order chi connectivity index (χ0) is 77.7. The molecule has 1 aliphatic rings. The second-order valence-electron chi connectivity index (χ2n) is 30.5. The Labute approximate surface area is 680 Å². The van der Waals surface area contributed by atoms with Crippen molar-refractivity contribution in [1.29, 1.82) is 0 Å². The minimum atomic E-state index is 0.210. The molecule has 548 valence electrons. The molecule has 1 aliphatic heterocycles. The third-order valence-corrected chi connectivity index (χ3v) is 23.7. The van der Waals surface area contributed by atoms with Gasteiger partial charge in [0.2, 0.25) is 0 Å². The molecule has 117 heavy (non-hydrogen) atoms. The van der Waals surface area contributed by atoms with E-state index in [4.69, 9.17) is 9.98 Å². The topological polar surface area (TPSA) is 30.2 Å². The summed E-state index contributed by atoms with van der Waals surface area (Å²) in [5, 5.41) is 20.4. The first kappa shape index (κ1) is 69.8. The molecule has 0 amide bonds. The van der Waals surface area contributed by atoms with Crippen LogP contribution in [0.3, 0.4) is 0 Å². The van der Waals surface area contributed by atoms with Crippen LogP contribution in [-0.4, -0.2) is 15.3 Å². The minimum absolute atomic E-state index is 0.210. The van der Waals surface area contributed by atoms with Crippen LogP contribution >= 0.6 is 0 Å². The third kappa shape index (κ3) is 12.7. The summed E-state index contributed by atoms with van der Waals surface area (Å²) in [5.41, 5.74) is 26.7. The molecule has 3 nitrogen and oxygen atoms in total. The van der Waals surface area contributed by atoms with Gasteiger partial charge in [0.1, 0.15) is 5.82 Å². The number of hydrogen-bond acceptors (Lipinski definition) is 2. The fourth-order valence-electron chi connectivity index (χ4n) is 18.4. The molecule has 1 atom stereocenters. The minimum Gasteiger partial charge on any atom is -0.292 e. The Morgan fingerprint density at radius 3 is 0.932 bits per heavy atom. The molecule has 23 rings (SSSR count). The maximum absolute atomic E-state index is 5.04. The lowest BCUT2D eigenvalue weighted by Gasteiger charge is -2.18. The molecule has 0 fully saturated rings. The van der Waals surface area contributed by atoms with E-state index >= 15 is 0 Å². The summed E-state index contributed by atoms with van der Waals surface area (Å²) in [7, 11) is 0. The normalized spacial score (nSPS) is 12.5. The first-order valence-electron chi connectivity index (χ1n) is 40.4. The average Bonchev–Trinajstić information content (AvgIpc) is 1.40. The molecular weight excluding hydrogens is 1410 g/mol. The van der Waals surface area contributed by atoms with E-state index in [2.05, 4.69) is 448 Å². The summed E-state index contributed by atoms with van der Waals surface area (Å²) in [6.07, 6.45) is 0. The number of aliphatic imine (C=N–C) groups is 1. The Hall–Kier alpha value is -15.2. The van der Waals surface area contributed by atoms with Crippen molar-refractivity contribution in [1.82, 2.24) is 9.55 Å². The lowest BCUT2D eigenvalue weighted by Crippen LogP contribution is -2.06. The number of rotatable bonds is 10. The maximum Gasteiger partial charge on any atom is 0.145 e. The summed E-state index contributed by atoms with van der Waals surface area (Å²) in [6, 6.07) is 160. The van der Waals surface area contributed by atoms with Crippen LogP contribution in [0.5, 0.6) is 0 Å². The van der Waals surface area contributed by atoms with Crippen molar-refractivity contribution in [3.05, 3.63) is 454 Å². The first-order valence-corrected chi connectivity index (χ1v) is 40.4. The summed E-state index contributed by atoms with van der Waals surface area (Å²) < 4.78 is 2.27. The number of imidazole rings is 1. The van der Waals surface area contributed by atoms with Gasteiger partial charge in [-0.25, -0.2) is 4.98 Å². The average molecular weight is 1490 g/mol. The van der Waals surface area contributed by atoms with Crippen LogP contribution in [0.4, 0.5) is 5.69 Å². The number of aromatic nitrogens is 2. The van der Waals surface area contributed by atoms with E-state index in [9.17, 15) is 0 Å². The Kier molecular flexibility index (Phi) is 17.9. The molecule has 21 aromatic carbocycles. The standard InChI is InChI=1S/C43H28N2.C41H29N.C30H20/c1-2-13-31(14-3-1)43-44-39-20-10-11-21-40(39)45(43)34-26-24-30(25-27-34)41-35-16-6-8-18-37(35)42(38-19-9-7-17-36(38)41)33-23-22-29-12-4-5-15-32(29)28-33;1-27-39(29-12-4-2-5-13-29)37-26-32(24-25-38(37)42-27)28-20-22-31(23-21-28)41-35-18-10-8-16-33(35)40(30-14-6-3-7-15-30)34-17-9-11-19-36(34)41;1-2-11-22(12-3-1)29-25-14-6-8-16-27(25)30(28-17-9-7-15-26(28)29)24-19-18-21-10-4-5-13-23(21)20-24/h1-28H;2-26,39H,1H3;1-20H. The van der Waals surface area contributed by atoms with E-state index < -0.39 is 0 Å². The Bertz CT molecular complexity index is 7420. The number of nitrogens with zero attached hydrogens (tertiary/aromatic N) is 3. The molecule has 0 bridgehead atoms. The van der Waals surface area contributed by atoms with Gasteiger partial charge < -0.3 is 0 Å². The van der Waals surface area contributed by atoms with Crippen LogP contribution in [0.15, 0.2) is 448 Å². The van der Waals surface area contributed by atoms with Crippen molar-refractivity contribution >= 4 is 109 Å². The van der Waals surface area contributed by atoms with Crippen molar-refractivity contribution in [2.45, 2.75) is 12.8 Å². The Morgan fingerprint density at radius 1 is 0.222 bits per heavy atom. The Balaban J connectivity index is 0.000000112. The number of para-hydroxylation sites is 2. The van der Waals surface area contributed by atoms with E-state index in [-0.39, 0.29) is 5.92 Å². The van der Waals surface area contributed by atoms with Gasteiger partial charge in [-0.2, -0.15) is 0 Å². The monoisotopic (exact) mass is 1490 g/mol. The van der Waals surface area contributed by atoms with Gasteiger partial charge >= 0.3 is 0 Å². The molecule has 1 unspecified atom stereocenters. The van der Waals surface area contributed by atoms with Gasteiger partial charge in [0.25, 0.3) is 0 Å². The van der Waals surface area contributed by atoms with Crippen LogP contribution < -0.4 is 0 Å². The van der Waals surface area contributed by atoms with E-state index in [1.807, 2.05) is 6.07 Å². The first-order chi connectivity index (χ1) is 58.0. The SMILES string of the molecule is CC1=Nc2ccc(-c3ccc(-c4c5ccccc5c(-c5ccccc5)c5ccccc45)cc3)cc2C1c1ccccc1.c1ccc(-c2c3ccccc3c(-c3ccc4ccccc4c3)c3ccccc23)cc1.c1ccc(-c2nc3ccccc3n2-c2ccc(-c3c4ccccc4c(-c4ccc5ccccc5c4)c4ccccc34)cc2)cc1. The molecule has 0 saturated heterocycles. The maximum atomic E-state index is 5.04. The highest BCUT2D eigenvalue weighted by Gasteiger charge is 2.28. The zero-order valence-corrected chi connectivity index (χ0v) is 64.6. The predicted molar refractivity (Wildman–Crippen MR) is 499 cm³/mol. The summed E-state index contributed by atoms with van der Waals surface area (Å²) in [5.74, 6) is 1.15. The fraction of sp³-hybridized carbons (Fsp3) is 0.0175. The van der Waals surface area contributed by atoms with Gasteiger partial charge in [-0.1, -0.05) is 394 Å². The van der Waals surface area contributed by atoms with Crippen molar-refractivity contribution in [3.8, 4) is 95.0 Å². The van der Waals surface area contributed by atoms with E-state index in [1.165, 1.54) is 175 Å². The molecule has 0 spiro atoms. The Morgan fingerprint density at radius 2 is 0.521 bits per heavy atom. The molecule has 1 aromatic heterocycles. The molecule has 0 saturated carbocycles. The molecule has 0 N–H and O–H groups in total. The van der Waals surface area contributed by atoms with Crippen molar-refractivity contribution in [2.24, 2.45) is 4.99 Å². The van der Waals surface area contributed by atoms with Crippen LogP contribution in [0.2, 0.25) is 0 Å². The summed E-state index contributed by atoms with van der Waals surface area (Å²) in [4.78, 5) is 9.94. The van der Waals surface area contributed by atoms with Gasteiger partial charge in [0, 0.05) is 22.9 Å². The van der Waals surface area contributed by atoms with Crippen LogP contribution in [0.1, 0.15) is 24.0 Å². The second-order valence-corrected chi connectivity index (χ2v) is 30.5. The van der Waals surface area contributed by atoms with Crippen LogP contribution in [0, 0.1) is 0 Å². The smallest absolute Gasteiger partial charge is 0.145 e. The summed E-state index contributed by atoms with van der Waals surface area (Å²) >= 11 is 0. The molecule has 3 heteroatoms. The van der Waals surface area contributed by atoms with Crippen molar-refractivity contribution in [2.75, 3.05) is 0 Å². The third-order valence-electron chi connectivity index (χ3n) is 23.7. The van der Waals surface area contributed by atoms with Crippen LogP contribution in [0.25, 0.3) is 192 Å². The highest BCUT2D eigenvalue weighted by Crippen LogP contribution is 2.49. The van der Waals surface area contributed by atoms with Crippen LogP contribution in [-0.2, 0) is 0 Å². The highest BCUT2D eigenvalue weighted by atomic mass is 15.1. The quantitative estimate of drug-likeness (QED) is 0.126. The molecule has 22 aromatic rings. The second kappa shape index (κ2) is 30.1. The molecular formula is C114H77N3. The van der Waals surface area contributed by atoms with Gasteiger partial charge in [-0.05, 0) is 231 Å². The summed E-state index contributed by atoms with van der Waals surface area (Å²) in [6.45, 7) is 2.14. The van der Waals surface area contributed by atoms with E-state index in [0.717, 1.165) is 39.5 Å². The predicted octanol–water partition coefficient (Wildman–Crippen LogP) is 31.2. The fourth-order valence-corrected chi connectivity index (χ4v) is 18.4. The lowest BCUT2D eigenvalue weighted by molar-refractivity contribution is 1.10. The van der Waals surface area contributed by atoms with Gasteiger partial charge in [0.15, 0.2) is 0 Å². The molecule has 2 heterocycles. The van der Waals surface area contributed by atoms with Gasteiger partial charge in [-0.3, -0.25) is 9.56 Å². The lowest BCUT2D eigenvalue weighted by atomic mass is 9.85. The number of fused-ring (bicyclic) bond motifs is 10. The molecule has 0 radical (unpaired) electrons. The number of benzene rings is 21. The van der Waals surface area contributed by atoms with Gasteiger partial charge in [0.05, 0.1) is 16.7 Å². The highest BCUT2D eigenvalue weighted by molar-refractivity contribution is 6.25. The van der Waals surface area contributed by atoms with Gasteiger partial charge in [-0.15, -0.1) is 0 Å². The van der Waals surface area contributed by atoms with E-state index in [1.54, 1.807) is 0 Å². The van der Waals surface area contributed by atoms with Crippen molar-refractivity contribution in [3.63, 3.8) is 0 Å². The molecule has 0 aliphatic carbocycles. The largest absolute Gasteiger partial charge is 0.292 e. The number of hydrogen-bond donors (Lipinski definition) is 0. The van der Waals surface area contributed by atoms with Crippen molar-refractivity contribution < 1.29 is 0 Å². The zero-order valence-electron chi connectivity index (χ0n) is 64.6.